The zero-order valence-corrected chi connectivity index (χ0v) is 16.6. The Kier molecular flexibility index (Phi) is 5.17. The molecule has 0 saturated carbocycles. The number of methoxy groups -OCH3 is 2. The lowest BCUT2D eigenvalue weighted by atomic mass is 9.92. The van der Waals surface area contributed by atoms with Crippen molar-refractivity contribution < 1.29 is 23.8 Å². The second kappa shape index (κ2) is 7.79. The van der Waals surface area contributed by atoms with Crippen molar-refractivity contribution in [3.63, 3.8) is 0 Å². The minimum Gasteiger partial charge on any atom is -0.502 e. The van der Waals surface area contributed by atoms with Crippen LogP contribution in [0.5, 0.6) is 5.75 Å². The number of aromatic hydroxyl groups is 1. The van der Waals surface area contributed by atoms with E-state index in [2.05, 4.69) is 0 Å². The van der Waals surface area contributed by atoms with Crippen LogP contribution < -0.4 is 11.0 Å². The number of hydrogen-bond donors (Lipinski definition) is 1. The minimum atomic E-state index is -0.994. The molecule has 0 spiro atoms. The smallest absolute Gasteiger partial charge is 0.306 e. The number of hydrogen-bond acceptors (Lipinski definition) is 7. The average Bonchev–Trinajstić information content (AvgIpc) is 3.17. The monoisotopic (exact) mass is 411 g/mol. The number of ether oxygens (including phenoxy) is 2. The standard InChI is InChI=1S/C22H21NO7/c1-28-11-14-9-17(24)20(26)21(30-14)15(10-18(25)29-2)16-8-13-5-3-4-12-6-7-23(19(12)13)22(16)27/h3-5,8-9,15,26H,6-7,10-11H2,1-2H3. The molecule has 8 heteroatoms. The number of carbonyl (C=O) groups excluding carboxylic acids is 1. The number of aryl methyl sites for hydroxylation is 2. The van der Waals surface area contributed by atoms with Gasteiger partial charge >= 0.3 is 5.97 Å². The molecule has 0 radical (unpaired) electrons. The van der Waals surface area contributed by atoms with E-state index in [1.165, 1.54) is 14.2 Å². The third-order valence-corrected chi connectivity index (χ3v) is 5.41. The first-order valence-corrected chi connectivity index (χ1v) is 9.51. The molecule has 0 amide bonds. The molecule has 1 unspecified atom stereocenters. The van der Waals surface area contributed by atoms with E-state index in [1.54, 1.807) is 10.6 Å². The first-order valence-electron chi connectivity index (χ1n) is 9.51. The Morgan fingerprint density at radius 1 is 1.27 bits per heavy atom. The van der Waals surface area contributed by atoms with E-state index in [-0.39, 0.29) is 35.7 Å². The molecule has 1 aromatic carbocycles. The highest BCUT2D eigenvalue weighted by molar-refractivity contribution is 5.84. The summed E-state index contributed by atoms with van der Waals surface area (Å²) in [6, 6.07) is 8.59. The molecule has 0 bridgehead atoms. The molecule has 1 atom stereocenters. The zero-order chi connectivity index (χ0) is 21.4. The SMILES string of the molecule is COCc1cc(=O)c(O)c(C(CC(=O)OC)c2cc3cccc4c3n(c2=O)CC4)o1. The summed E-state index contributed by atoms with van der Waals surface area (Å²) >= 11 is 0. The van der Waals surface area contributed by atoms with Crippen LogP contribution >= 0.6 is 0 Å². The molecule has 1 aliphatic rings. The van der Waals surface area contributed by atoms with Crippen LogP contribution in [0.4, 0.5) is 0 Å². The Hall–Kier alpha value is -3.39. The third kappa shape index (κ3) is 3.29. The Morgan fingerprint density at radius 3 is 2.80 bits per heavy atom. The maximum absolute atomic E-state index is 13.3. The van der Waals surface area contributed by atoms with Crippen LogP contribution in [-0.4, -0.2) is 29.9 Å². The fourth-order valence-electron chi connectivity index (χ4n) is 4.04. The second-order valence-electron chi connectivity index (χ2n) is 7.22. The van der Waals surface area contributed by atoms with Crippen molar-refractivity contribution in [2.75, 3.05) is 14.2 Å². The van der Waals surface area contributed by atoms with Crippen molar-refractivity contribution in [2.45, 2.75) is 31.9 Å². The van der Waals surface area contributed by atoms with Crippen molar-refractivity contribution >= 4 is 16.9 Å². The Bertz CT molecular complexity index is 1250. The topological polar surface area (TPSA) is 108 Å². The Morgan fingerprint density at radius 2 is 2.07 bits per heavy atom. The van der Waals surface area contributed by atoms with Gasteiger partial charge in [0.25, 0.3) is 5.56 Å². The molecule has 1 aliphatic heterocycles. The summed E-state index contributed by atoms with van der Waals surface area (Å²) in [7, 11) is 2.67. The van der Waals surface area contributed by atoms with Gasteiger partial charge in [0.05, 0.1) is 25.0 Å². The van der Waals surface area contributed by atoms with Gasteiger partial charge in [-0.25, -0.2) is 0 Å². The van der Waals surface area contributed by atoms with Crippen LogP contribution in [0.15, 0.2) is 44.3 Å². The number of aromatic nitrogens is 1. The maximum atomic E-state index is 13.3. The van der Waals surface area contributed by atoms with Crippen LogP contribution in [-0.2, 0) is 33.8 Å². The Balaban J connectivity index is 1.97. The van der Waals surface area contributed by atoms with Gasteiger partial charge < -0.3 is 23.6 Å². The van der Waals surface area contributed by atoms with Gasteiger partial charge in [0, 0.05) is 25.3 Å². The number of carbonyl (C=O) groups is 1. The van der Waals surface area contributed by atoms with Gasteiger partial charge in [0.15, 0.2) is 5.76 Å². The quantitative estimate of drug-likeness (QED) is 0.619. The van der Waals surface area contributed by atoms with Crippen LogP contribution in [0.3, 0.4) is 0 Å². The van der Waals surface area contributed by atoms with Crippen molar-refractivity contribution in [1.82, 2.24) is 4.57 Å². The maximum Gasteiger partial charge on any atom is 0.306 e. The summed E-state index contributed by atoms with van der Waals surface area (Å²) in [5, 5.41) is 11.3. The molecule has 3 aromatic rings. The lowest BCUT2D eigenvalue weighted by Crippen LogP contribution is -2.26. The summed E-state index contributed by atoms with van der Waals surface area (Å²) in [5.41, 5.74) is 1.23. The average molecular weight is 411 g/mol. The van der Waals surface area contributed by atoms with Crippen molar-refractivity contribution in [3.8, 4) is 5.75 Å². The van der Waals surface area contributed by atoms with E-state index in [0.29, 0.717) is 6.54 Å². The summed E-state index contributed by atoms with van der Waals surface area (Å²) in [4.78, 5) is 37.8. The van der Waals surface area contributed by atoms with Gasteiger partial charge in [-0.1, -0.05) is 18.2 Å². The van der Waals surface area contributed by atoms with E-state index >= 15 is 0 Å². The number of pyridine rings is 1. The number of esters is 1. The van der Waals surface area contributed by atoms with Crippen molar-refractivity contribution in [3.05, 3.63) is 73.6 Å². The summed E-state index contributed by atoms with van der Waals surface area (Å²) < 4.78 is 17.2. The molecule has 2 aromatic heterocycles. The molecular formula is C22H21NO7. The number of nitrogens with zero attached hydrogens (tertiary/aromatic N) is 1. The van der Waals surface area contributed by atoms with E-state index in [9.17, 15) is 19.5 Å². The van der Waals surface area contributed by atoms with E-state index in [1.807, 2.05) is 18.2 Å². The number of benzene rings is 1. The van der Waals surface area contributed by atoms with Gasteiger partial charge in [0.1, 0.15) is 12.4 Å². The normalized spacial score (nSPS) is 13.5. The Labute approximate surface area is 171 Å². The largest absolute Gasteiger partial charge is 0.502 e. The summed E-state index contributed by atoms with van der Waals surface area (Å²) in [5.74, 6) is -2.21. The molecule has 4 rings (SSSR count). The van der Waals surface area contributed by atoms with Crippen molar-refractivity contribution in [1.29, 1.82) is 0 Å². The van der Waals surface area contributed by atoms with Crippen LogP contribution in [0.25, 0.3) is 10.9 Å². The summed E-state index contributed by atoms with van der Waals surface area (Å²) in [6.07, 6.45) is 0.464. The predicted molar refractivity (Wildman–Crippen MR) is 108 cm³/mol. The van der Waals surface area contributed by atoms with Crippen LogP contribution in [0.2, 0.25) is 0 Å². The molecule has 0 aliphatic carbocycles. The van der Waals surface area contributed by atoms with E-state index in [4.69, 9.17) is 13.9 Å². The molecule has 0 fully saturated rings. The highest BCUT2D eigenvalue weighted by Gasteiger charge is 2.30. The second-order valence-corrected chi connectivity index (χ2v) is 7.22. The van der Waals surface area contributed by atoms with E-state index < -0.39 is 23.1 Å². The summed E-state index contributed by atoms with van der Waals surface area (Å²) in [6.45, 7) is 0.520. The molecular weight excluding hydrogens is 390 g/mol. The highest BCUT2D eigenvalue weighted by Crippen LogP contribution is 2.34. The molecule has 3 heterocycles. The zero-order valence-electron chi connectivity index (χ0n) is 16.6. The van der Waals surface area contributed by atoms with E-state index in [0.717, 1.165) is 29.0 Å². The van der Waals surface area contributed by atoms with Crippen LogP contribution in [0.1, 0.15) is 35.0 Å². The van der Waals surface area contributed by atoms with Gasteiger partial charge in [-0.05, 0) is 23.4 Å². The molecule has 0 saturated heterocycles. The lowest BCUT2D eigenvalue weighted by Gasteiger charge is -2.18. The molecule has 156 valence electrons. The lowest BCUT2D eigenvalue weighted by molar-refractivity contribution is -0.140. The van der Waals surface area contributed by atoms with Crippen LogP contribution in [0, 0.1) is 0 Å². The minimum absolute atomic E-state index is 0.00121. The first kappa shape index (κ1) is 19.9. The van der Waals surface area contributed by atoms with Gasteiger partial charge in [-0.15, -0.1) is 0 Å². The third-order valence-electron chi connectivity index (χ3n) is 5.41. The number of rotatable bonds is 6. The highest BCUT2D eigenvalue weighted by atomic mass is 16.5. The predicted octanol–water partition coefficient (Wildman–Crippen LogP) is 2.06. The van der Waals surface area contributed by atoms with Gasteiger partial charge in [0.2, 0.25) is 11.2 Å². The first-order chi connectivity index (χ1) is 14.4. The number of para-hydroxylation sites is 1. The fraction of sp³-hybridized carbons (Fsp3) is 0.318. The van der Waals surface area contributed by atoms with Gasteiger partial charge in [-0.3, -0.25) is 14.4 Å². The molecule has 1 N–H and O–H groups in total. The molecule has 30 heavy (non-hydrogen) atoms. The van der Waals surface area contributed by atoms with Crippen molar-refractivity contribution in [2.24, 2.45) is 0 Å². The fourth-order valence-corrected chi connectivity index (χ4v) is 4.04. The molecule has 8 nitrogen and oxygen atoms in total. The van der Waals surface area contributed by atoms with Gasteiger partial charge in [-0.2, -0.15) is 0 Å².